The van der Waals surface area contributed by atoms with Gasteiger partial charge in [0.05, 0.1) is 6.21 Å². The van der Waals surface area contributed by atoms with Crippen molar-refractivity contribution in [2.45, 2.75) is 0 Å². The minimum absolute atomic E-state index is 0.205. The number of carbonyl (C=O) groups excluding carboxylic acids is 1. The van der Waals surface area contributed by atoms with Crippen molar-refractivity contribution in [1.29, 1.82) is 0 Å². The van der Waals surface area contributed by atoms with E-state index in [9.17, 15) is 9.18 Å². The van der Waals surface area contributed by atoms with Crippen LogP contribution in [0.15, 0.2) is 53.6 Å². The van der Waals surface area contributed by atoms with Crippen LogP contribution >= 0.6 is 11.6 Å². The molecule has 0 aromatic heterocycles. The predicted molar refractivity (Wildman–Crippen MR) is 79.1 cm³/mol. The van der Waals surface area contributed by atoms with Gasteiger partial charge in [-0.25, -0.2) is 9.82 Å². The molecule has 1 amide bonds. The molecule has 2 aromatic carbocycles. The maximum absolute atomic E-state index is 12.7. The second-order valence-electron chi connectivity index (χ2n) is 4.09. The van der Waals surface area contributed by atoms with Crippen LogP contribution in [0.25, 0.3) is 0 Å². The molecule has 0 bridgehead atoms. The van der Waals surface area contributed by atoms with Gasteiger partial charge >= 0.3 is 0 Å². The number of nitrogens with one attached hydrogen (secondary N) is 1. The third kappa shape index (κ3) is 5.24. The van der Waals surface area contributed by atoms with Crippen LogP contribution in [0.1, 0.15) is 5.56 Å². The Morgan fingerprint density at radius 3 is 2.52 bits per heavy atom. The summed E-state index contributed by atoms with van der Waals surface area (Å²) in [6.45, 7) is -0.205. The Balaban J connectivity index is 1.77. The number of rotatable bonds is 5. The van der Waals surface area contributed by atoms with Crippen LogP contribution in [0.3, 0.4) is 0 Å². The van der Waals surface area contributed by atoms with E-state index in [1.165, 1.54) is 30.5 Å². The first-order valence-corrected chi connectivity index (χ1v) is 6.47. The number of hydrogen-bond acceptors (Lipinski definition) is 3. The van der Waals surface area contributed by atoms with E-state index >= 15 is 0 Å². The number of amides is 1. The second-order valence-corrected chi connectivity index (χ2v) is 4.52. The number of hydrogen-bond donors (Lipinski definition) is 1. The monoisotopic (exact) mass is 306 g/mol. The normalized spacial score (nSPS) is 10.6. The maximum Gasteiger partial charge on any atom is 0.277 e. The molecule has 0 saturated heterocycles. The average molecular weight is 307 g/mol. The van der Waals surface area contributed by atoms with Gasteiger partial charge in [-0.1, -0.05) is 23.7 Å². The van der Waals surface area contributed by atoms with Crippen molar-refractivity contribution in [3.8, 4) is 5.75 Å². The molecule has 0 atom stereocenters. The van der Waals surface area contributed by atoms with Crippen molar-refractivity contribution in [3.63, 3.8) is 0 Å². The summed E-state index contributed by atoms with van der Waals surface area (Å²) in [6.07, 6.45) is 1.49. The molecule has 2 aromatic rings. The summed E-state index contributed by atoms with van der Waals surface area (Å²) in [6, 6.07) is 12.4. The molecular weight excluding hydrogens is 295 g/mol. The van der Waals surface area contributed by atoms with Gasteiger partial charge < -0.3 is 4.74 Å². The van der Waals surface area contributed by atoms with Crippen molar-refractivity contribution in [2.24, 2.45) is 5.10 Å². The molecule has 4 nitrogen and oxygen atoms in total. The Kier molecular flexibility index (Phi) is 5.29. The Morgan fingerprint density at radius 2 is 1.86 bits per heavy atom. The van der Waals surface area contributed by atoms with Gasteiger partial charge in [-0.3, -0.25) is 4.79 Å². The molecule has 108 valence electrons. The van der Waals surface area contributed by atoms with Gasteiger partial charge in [-0.15, -0.1) is 0 Å². The Hall–Kier alpha value is -2.40. The summed E-state index contributed by atoms with van der Waals surface area (Å²) in [5.74, 6) is -0.364. The van der Waals surface area contributed by atoms with Gasteiger partial charge in [-0.05, 0) is 42.0 Å². The van der Waals surface area contributed by atoms with Gasteiger partial charge in [0.1, 0.15) is 11.6 Å². The standard InChI is InChI=1S/C15H12ClFN2O2/c16-12-3-1-11(2-4-12)9-18-19-15(20)10-21-14-7-5-13(17)6-8-14/h1-9H,10H2,(H,19,20)/b18-9-. The van der Waals surface area contributed by atoms with Crippen LogP contribution in [-0.4, -0.2) is 18.7 Å². The maximum atomic E-state index is 12.7. The van der Waals surface area contributed by atoms with Crippen molar-refractivity contribution < 1.29 is 13.9 Å². The molecule has 0 unspecified atom stereocenters. The van der Waals surface area contributed by atoms with Gasteiger partial charge in [0, 0.05) is 5.02 Å². The molecule has 0 heterocycles. The van der Waals surface area contributed by atoms with Crippen LogP contribution < -0.4 is 10.2 Å². The molecule has 0 fully saturated rings. The van der Waals surface area contributed by atoms with Crippen LogP contribution in [-0.2, 0) is 4.79 Å². The smallest absolute Gasteiger partial charge is 0.277 e. The molecule has 0 spiro atoms. The summed E-state index contributed by atoms with van der Waals surface area (Å²) >= 11 is 5.75. The first kappa shape index (κ1) is 15.0. The van der Waals surface area contributed by atoms with E-state index in [4.69, 9.17) is 16.3 Å². The fraction of sp³-hybridized carbons (Fsp3) is 0.0667. The summed E-state index contributed by atoms with van der Waals surface area (Å²) in [4.78, 5) is 11.5. The zero-order valence-electron chi connectivity index (χ0n) is 10.9. The molecule has 0 radical (unpaired) electrons. The number of benzene rings is 2. The number of carbonyl (C=O) groups is 1. The van der Waals surface area contributed by atoms with E-state index in [0.29, 0.717) is 10.8 Å². The van der Waals surface area contributed by atoms with Crippen LogP contribution in [0.5, 0.6) is 5.75 Å². The summed E-state index contributed by atoms with van der Waals surface area (Å²) in [5, 5.41) is 4.42. The molecule has 1 N–H and O–H groups in total. The quantitative estimate of drug-likeness (QED) is 0.682. The number of ether oxygens (including phenoxy) is 1. The van der Waals surface area contributed by atoms with Crippen molar-refractivity contribution in [3.05, 3.63) is 64.9 Å². The lowest BCUT2D eigenvalue weighted by atomic mass is 10.2. The zero-order chi connectivity index (χ0) is 15.1. The first-order chi connectivity index (χ1) is 10.1. The lowest BCUT2D eigenvalue weighted by molar-refractivity contribution is -0.123. The molecule has 6 heteroatoms. The SMILES string of the molecule is O=C(COc1ccc(F)cc1)N/N=C\c1ccc(Cl)cc1. The van der Waals surface area contributed by atoms with E-state index in [1.807, 2.05) is 0 Å². The lowest BCUT2D eigenvalue weighted by Gasteiger charge is -2.04. The van der Waals surface area contributed by atoms with E-state index in [2.05, 4.69) is 10.5 Å². The van der Waals surface area contributed by atoms with Crippen LogP contribution in [0.4, 0.5) is 4.39 Å². The lowest BCUT2D eigenvalue weighted by Crippen LogP contribution is -2.24. The van der Waals surface area contributed by atoms with Gasteiger partial charge in [0.25, 0.3) is 5.91 Å². The molecular formula is C15H12ClFN2O2. The van der Waals surface area contributed by atoms with Crippen molar-refractivity contribution >= 4 is 23.7 Å². The van der Waals surface area contributed by atoms with E-state index < -0.39 is 5.91 Å². The summed E-state index contributed by atoms with van der Waals surface area (Å²) in [5.41, 5.74) is 3.13. The first-order valence-electron chi connectivity index (χ1n) is 6.09. The highest BCUT2D eigenvalue weighted by molar-refractivity contribution is 6.30. The summed E-state index contributed by atoms with van der Waals surface area (Å²) in [7, 11) is 0. The predicted octanol–water partition coefficient (Wildman–Crippen LogP) is 3.01. The fourth-order valence-electron chi connectivity index (χ4n) is 1.44. The Morgan fingerprint density at radius 1 is 1.19 bits per heavy atom. The van der Waals surface area contributed by atoms with Gasteiger partial charge in [0.2, 0.25) is 0 Å². The van der Waals surface area contributed by atoms with Crippen molar-refractivity contribution in [2.75, 3.05) is 6.61 Å². The van der Waals surface area contributed by atoms with E-state index in [-0.39, 0.29) is 12.4 Å². The molecule has 0 aliphatic heterocycles. The minimum Gasteiger partial charge on any atom is -0.484 e. The zero-order valence-corrected chi connectivity index (χ0v) is 11.7. The molecule has 0 saturated carbocycles. The number of halogens is 2. The Labute approximate surface area is 126 Å². The second kappa shape index (κ2) is 7.40. The van der Waals surface area contributed by atoms with E-state index in [0.717, 1.165) is 5.56 Å². The van der Waals surface area contributed by atoms with Crippen LogP contribution in [0, 0.1) is 5.82 Å². The highest BCUT2D eigenvalue weighted by atomic mass is 35.5. The third-order valence-electron chi connectivity index (χ3n) is 2.46. The number of hydrazone groups is 1. The van der Waals surface area contributed by atoms with Crippen LogP contribution in [0.2, 0.25) is 5.02 Å². The molecule has 21 heavy (non-hydrogen) atoms. The highest BCUT2D eigenvalue weighted by Gasteiger charge is 2.01. The molecule has 0 aliphatic carbocycles. The Bertz CT molecular complexity index is 627. The fourth-order valence-corrected chi connectivity index (χ4v) is 1.57. The largest absolute Gasteiger partial charge is 0.484 e. The topological polar surface area (TPSA) is 50.7 Å². The average Bonchev–Trinajstić information content (AvgIpc) is 2.49. The molecule has 2 rings (SSSR count). The van der Waals surface area contributed by atoms with Gasteiger partial charge in [0.15, 0.2) is 6.61 Å². The minimum atomic E-state index is -0.412. The molecule has 0 aliphatic rings. The van der Waals surface area contributed by atoms with Gasteiger partial charge in [-0.2, -0.15) is 5.10 Å². The third-order valence-corrected chi connectivity index (χ3v) is 2.71. The van der Waals surface area contributed by atoms with E-state index in [1.54, 1.807) is 24.3 Å². The number of nitrogens with zero attached hydrogens (tertiary/aromatic N) is 1. The van der Waals surface area contributed by atoms with Crippen molar-refractivity contribution in [1.82, 2.24) is 5.43 Å². The summed E-state index contributed by atoms with van der Waals surface area (Å²) < 4.78 is 17.8. The highest BCUT2D eigenvalue weighted by Crippen LogP contribution is 2.10.